The fraction of sp³-hybridized carbons (Fsp3) is 0. The van der Waals surface area contributed by atoms with E-state index in [4.69, 9.17) is 9.15 Å². The minimum atomic E-state index is -0.424. The molecule has 0 saturated heterocycles. The van der Waals surface area contributed by atoms with Gasteiger partial charge >= 0.3 is 5.63 Å². The van der Waals surface area contributed by atoms with Crippen molar-refractivity contribution < 1.29 is 9.15 Å². The van der Waals surface area contributed by atoms with E-state index in [0.717, 1.165) is 9.86 Å². The maximum absolute atomic E-state index is 12.3. The molecule has 3 aromatic rings. The zero-order valence-electron chi connectivity index (χ0n) is 11.8. The normalized spacial score (nSPS) is 13.2. The molecule has 0 aliphatic carbocycles. The summed E-state index contributed by atoms with van der Waals surface area (Å²) in [5, 5.41) is 0.824. The van der Waals surface area contributed by atoms with Gasteiger partial charge in [-0.05, 0) is 36.4 Å². The standard InChI is InChI=1S/C18H10BrNO3/c19-13-5-6-16-11(7-13)8-14(18(21)23-16)12-9-20-15-3-1-2-4-17(15)22-10-12/h1-10H. The van der Waals surface area contributed by atoms with Crippen LogP contribution >= 0.6 is 15.9 Å². The highest BCUT2D eigenvalue weighted by molar-refractivity contribution is 9.10. The Hall–Kier alpha value is -2.66. The summed E-state index contributed by atoms with van der Waals surface area (Å²) in [7, 11) is 0. The van der Waals surface area contributed by atoms with Crippen LogP contribution < -0.4 is 10.4 Å². The van der Waals surface area contributed by atoms with Crippen LogP contribution in [0.5, 0.6) is 5.75 Å². The highest BCUT2D eigenvalue weighted by Crippen LogP contribution is 2.30. The molecule has 5 heteroatoms. The zero-order chi connectivity index (χ0) is 15.8. The Balaban J connectivity index is 1.85. The molecule has 2 heterocycles. The average molecular weight is 368 g/mol. The van der Waals surface area contributed by atoms with Crippen molar-refractivity contribution in [1.82, 2.24) is 0 Å². The van der Waals surface area contributed by atoms with Gasteiger partial charge in [0.05, 0.1) is 5.56 Å². The van der Waals surface area contributed by atoms with E-state index in [0.29, 0.717) is 28.2 Å². The second kappa shape index (κ2) is 5.52. The van der Waals surface area contributed by atoms with Crippen LogP contribution in [0.1, 0.15) is 5.56 Å². The smallest absolute Gasteiger partial charge is 0.344 e. The molecule has 112 valence electrons. The van der Waals surface area contributed by atoms with Crippen molar-refractivity contribution >= 4 is 44.4 Å². The third-order valence-electron chi connectivity index (χ3n) is 3.53. The van der Waals surface area contributed by atoms with Gasteiger partial charge in [-0.15, -0.1) is 0 Å². The quantitative estimate of drug-likeness (QED) is 0.586. The van der Waals surface area contributed by atoms with Crippen molar-refractivity contribution in [3.63, 3.8) is 0 Å². The van der Waals surface area contributed by atoms with Crippen molar-refractivity contribution in [2.45, 2.75) is 0 Å². The molecule has 1 aromatic heterocycles. The molecule has 0 bridgehead atoms. The number of para-hydroxylation sites is 2. The molecule has 1 aliphatic heterocycles. The van der Waals surface area contributed by atoms with Gasteiger partial charge in [0.1, 0.15) is 17.5 Å². The Morgan fingerprint density at radius 2 is 1.91 bits per heavy atom. The lowest BCUT2D eigenvalue weighted by Crippen LogP contribution is -2.07. The number of hydrogen-bond donors (Lipinski definition) is 0. The van der Waals surface area contributed by atoms with Crippen LogP contribution in [0, 0.1) is 0 Å². The van der Waals surface area contributed by atoms with Crippen LogP contribution in [0.25, 0.3) is 16.5 Å². The fourth-order valence-electron chi connectivity index (χ4n) is 2.39. The SMILES string of the molecule is O=c1oc2ccc(Br)cc2cc1C1=COc2ccccc2N=C1. The van der Waals surface area contributed by atoms with Gasteiger partial charge in [-0.25, -0.2) is 4.79 Å². The summed E-state index contributed by atoms with van der Waals surface area (Å²) in [5.41, 5.74) is 1.81. The van der Waals surface area contributed by atoms with Gasteiger partial charge in [-0.1, -0.05) is 28.1 Å². The van der Waals surface area contributed by atoms with Crippen molar-refractivity contribution in [3.05, 3.63) is 75.2 Å². The van der Waals surface area contributed by atoms with Gasteiger partial charge in [-0.2, -0.15) is 0 Å². The van der Waals surface area contributed by atoms with E-state index in [-0.39, 0.29) is 0 Å². The van der Waals surface area contributed by atoms with Crippen LogP contribution in [0.3, 0.4) is 0 Å². The number of aliphatic imine (C=N–C) groups is 1. The lowest BCUT2D eigenvalue weighted by Gasteiger charge is -2.03. The van der Waals surface area contributed by atoms with Crippen LogP contribution in [-0.4, -0.2) is 6.21 Å². The highest BCUT2D eigenvalue weighted by atomic mass is 79.9. The van der Waals surface area contributed by atoms with Gasteiger partial charge in [0.15, 0.2) is 5.75 Å². The molecule has 1 aliphatic rings. The third kappa shape index (κ3) is 2.59. The van der Waals surface area contributed by atoms with E-state index in [1.807, 2.05) is 36.4 Å². The van der Waals surface area contributed by atoms with Crippen LogP contribution in [0.2, 0.25) is 0 Å². The minimum absolute atomic E-state index is 0.409. The lowest BCUT2D eigenvalue weighted by molar-refractivity contribution is 0.486. The molecular weight excluding hydrogens is 358 g/mol. The number of fused-ring (bicyclic) bond motifs is 2. The lowest BCUT2D eigenvalue weighted by atomic mass is 10.1. The first-order chi connectivity index (χ1) is 11.2. The third-order valence-corrected chi connectivity index (χ3v) is 4.02. The summed E-state index contributed by atoms with van der Waals surface area (Å²) in [6.45, 7) is 0. The van der Waals surface area contributed by atoms with Crippen LogP contribution in [0.4, 0.5) is 5.69 Å². The van der Waals surface area contributed by atoms with E-state index in [1.54, 1.807) is 18.3 Å². The van der Waals surface area contributed by atoms with Crippen LogP contribution in [0.15, 0.2) is 73.5 Å². The molecule has 2 aromatic carbocycles. The predicted octanol–water partition coefficient (Wildman–Crippen LogP) is 4.69. The first-order valence-electron chi connectivity index (χ1n) is 6.94. The Morgan fingerprint density at radius 3 is 2.83 bits per heavy atom. The molecule has 0 unspecified atom stereocenters. The molecule has 0 N–H and O–H groups in total. The molecule has 23 heavy (non-hydrogen) atoms. The second-order valence-electron chi connectivity index (χ2n) is 5.05. The minimum Gasteiger partial charge on any atom is -0.462 e. The Kier molecular flexibility index (Phi) is 3.35. The van der Waals surface area contributed by atoms with E-state index in [9.17, 15) is 4.79 Å². The van der Waals surface area contributed by atoms with Crippen molar-refractivity contribution in [3.8, 4) is 5.75 Å². The summed E-state index contributed by atoms with van der Waals surface area (Å²) in [5.74, 6) is 0.645. The van der Waals surface area contributed by atoms with E-state index in [1.165, 1.54) is 6.26 Å². The predicted molar refractivity (Wildman–Crippen MR) is 93.4 cm³/mol. The molecular formula is C18H10BrNO3. The number of rotatable bonds is 1. The highest BCUT2D eigenvalue weighted by Gasteiger charge is 2.13. The summed E-state index contributed by atoms with van der Waals surface area (Å²) in [4.78, 5) is 16.6. The van der Waals surface area contributed by atoms with Crippen molar-refractivity contribution in [2.75, 3.05) is 0 Å². The van der Waals surface area contributed by atoms with Gasteiger partial charge in [0, 0.05) is 21.6 Å². The van der Waals surface area contributed by atoms with Gasteiger partial charge in [0.2, 0.25) is 0 Å². The zero-order valence-corrected chi connectivity index (χ0v) is 13.4. The Morgan fingerprint density at radius 1 is 1.04 bits per heavy atom. The fourth-order valence-corrected chi connectivity index (χ4v) is 2.77. The Labute approximate surface area is 139 Å². The number of hydrogen-bond acceptors (Lipinski definition) is 4. The maximum atomic E-state index is 12.3. The summed E-state index contributed by atoms with van der Waals surface area (Å²) >= 11 is 3.42. The molecule has 0 atom stereocenters. The molecule has 0 fully saturated rings. The number of allylic oxidation sites excluding steroid dienone is 1. The largest absolute Gasteiger partial charge is 0.462 e. The maximum Gasteiger partial charge on any atom is 0.344 e. The molecule has 0 amide bonds. The van der Waals surface area contributed by atoms with Gasteiger partial charge in [-0.3, -0.25) is 4.99 Å². The average Bonchev–Trinajstić information content (AvgIpc) is 2.77. The van der Waals surface area contributed by atoms with E-state index >= 15 is 0 Å². The summed E-state index contributed by atoms with van der Waals surface area (Å²) in [6, 6.07) is 14.7. The number of ether oxygens (including phenoxy) is 1. The number of benzene rings is 2. The molecule has 0 spiro atoms. The second-order valence-corrected chi connectivity index (χ2v) is 5.96. The molecule has 0 radical (unpaired) electrons. The Bertz CT molecular complexity index is 1030. The van der Waals surface area contributed by atoms with E-state index < -0.39 is 5.63 Å². The first-order valence-corrected chi connectivity index (χ1v) is 7.74. The summed E-state index contributed by atoms with van der Waals surface area (Å²) in [6.07, 6.45) is 3.13. The van der Waals surface area contributed by atoms with E-state index in [2.05, 4.69) is 20.9 Å². The van der Waals surface area contributed by atoms with Gasteiger partial charge < -0.3 is 9.15 Å². The first kappa shape index (κ1) is 14.0. The number of halogens is 1. The van der Waals surface area contributed by atoms with Crippen molar-refractivity contribution in [2.24, 2.45) is 4.99 Å². The van der Waals surface area contributed by atoms with Gasteiger partial charge in [0.25, 0.3) is 0 Å². The molecule has 4 rings (SSSR count). The molecule has 0 saturated carbocycles. The number of nitrogens with zero attached hydrogens (tertiary/aromatic N) is 1. The summed E-state index contributed by atoms with van der Waals surface area (Å²) < 4.78 is 11.9. The van der Waals surface area contributed by atoms with Crippen molar-refractivity contribution in [1.29, 1.82) is 0 Å². The van der Waals surface area contributed by atoms with Crippen LogP contribution in [-0.2, 0) is 0 Å². The molecule has 4 nitrogen and oxygen atoms in total. The monoisotopic (exact) mass is 367 g/mol. The topological polar surface area (TPSA) is 51.8 Å².